The van der Waals surface area contributed by atoms with Crippen LogP contribution in [0.5, 0.6) is 0 Å². The SMILES string of the molecule is COCCON1C(=O)CC(C(=O)OC)C12CCN(Cc1cc3ccccc3o1)CC2. The molecule has 8 nitrogen and oxygen atoms in total. The first-order valence-corrected chi connectivity index (χ1v) is 10.3. The molecule has 0 radical (unpaired) electrons. The predicted octanol–water partition coefficient (Wildman–Crippen LogP) is 2.37. The lowest BCUT2D eigenvalue weighted by Crippen LogP contribution is -2.57. The summed E-state index contributed by atoms with van der Waals surface area (Å²) < 4.78 is 16.0. The quantitative estimate of drug-likeness (QED) is 0.506. The Balaban J connectivity index is 1.47. The number of piperidine rings is 1. The van der Waals surface area contributed by atoms with Crippen molar-refractivity contribution in [2.24, 2.45) is 5.92 Å². The fourth-order valence-corrected chi connectivity index (χ4v) is 4.68. The topological polar surface area (TPSA) is 81.5 Å². The second kappa shape index (κ2) is 8.75. The van der Waals surface area contributed by atoms with E-state index in [2.05, 4.69) is 11.0 Å². The summed E-state index contributed by atoms with van der Waals surface area (Å²) in [6, 6.07) is 10.0. The Morgan fingerprint density at radius 1 is 1.20 bits per heavy atom. The van der Waals surface area contributed by atoms with Gasteiger partial charge in [-0.05, 0) is 25.0 Å². The maximum absolute atomic E-state index is 12.7. The number of hydrogen-bond acceptors (Lipinski definition) is 7. The Kier molecular flexibility index (Phi) is 6.08. The first-order valence-electron chi connectivity index (χ1n) is 10.3. The maximum atomic E-state index is 12.7. The number of carbonyl (C=O) groups is 2. The van der Waals surface area contributed by atoms with Gasteiger partial charge in [-0.25, -0.2) is 5.06 Å². The van der Waals surface area contributed by atoms with Gasteiger partial charge in [0, 0.05) is 32.0 Å². The van der Waals surface area contributed by atoms with Crippen LogP contribution in [-0.4, -0.2) is 67.9 Å². The van der Waals surface area contributed by atoms with Gasteiger partial charge in [0.15, 0.2) is 0 Å². The molecule has 8 heteroatoms. The van der Waals surface area contributed by atoms with E-state index in [4.69, 9.17) is 18.7 Å². The van der Waals surface area contributed by atoms with Crippen molar-refractivity contribution in [1.29, 1.82) is 0 Å². The zero-order valence-electron chi connectivity index (χ0n) is 17.5. The molecule has 1 spiro atoms. The molecule has 2 fully saturated rings. The molecule has 2 aliphatic heterocycles. The van der Waals surface area contributed by atoms with Gasteiger partial charge in [-0.15, -0.1) is 0 Å². The van der Waals surface area contributed by atoms with Crippen LogP contribution in [0, 0.1) is 5.92 Å². The number of para-hydroxylation sites is 1. The fraction of sp³-hybridized carbons (Fsp3) is 0.545. The monoisotopic (exact) mass is 416 g/mol. The number of fused-ring (bicyclic) bond motifs is 1. The number of furan rings is 1. The van der Waals surface area contributed by atoms with E-state index in [-0.39, 0.29) is 24.9 Å². The minimum Gasteiger partial charge on any atom is -0.469 e. The molecule has 2 aromatic rings. The van der Waals surface area contributed by atoms with Gasteiger partial charge in [-0.1, -0.05) is 18.2 Å². The van der Waals surface area contributed by atoms with E-state index in [0.717, 1.165) is 29.8 Å². The van der Waals surface area contributed by atoms with Crippen LogP contribution in [-0.2, 0) is 30.4 Å². The van der Waals surface area contributed by atoms with Crippen LogP contribution in [0.4, 0.5) is 0 Å². The molecule has 1 unspecified atom stereocenters. The summed E-state index contributed by atoms with van der Waals surface area (Å²) in [6.07, 6.45) is 1.38. The predicted molar refractivity (Wildman–Crippen MR) is 108 cm³/mol. The highest BCUT2D eigenvalue weighted by Crippen LogP contribution is 2.44. The number of amides is 1. The van der Waals surface area contributed by atoms with Crippen LogP contribution >= 0.6 is 0 Å². The Hall–Kier alpha value is -2.42. The van der Waals surface area contributed by atoms with E-state index < -0.39 is 11.5 Å². The molecular weight excluding hydrogens is 388 g/mol. The van der Waals surface area contributed by atoms with Crippen molar-refractivity contribution in [3.8, 4) is 0 Å². The van der Waals surface area contributed by atoms with Crippen LogP contribution < -0.4 is 0 Å². The van der Waals surface area contributed by atoms with Gasteiger partial charge in [-0.3, -0.25) is 19.3 Å². The molecular formula is C22H28N2O6. The van der Waals surface area contributed by atoms with Crippen LogP contribution in [0.3, 0.4) is 0 Å². The average molecular weight is 416 g/mol. The van der Waals surface area contributed by atoms with Crippen LogP contribution in [0.1, 0.15) is 25.0 Å². The smallest absolute Gasteiger partial charge is 0.311 e. The van der Waals surface area contributed by atoms with Crippen molar-refractivity contribution < 1.29 is 28.3 Å². The van der Waals surface area contributed by atoms with Gasteiger partial charge < -0.3 is 13.9 Å². The number of esters is 1. The molecule has 3 heterocycles. The zero-order valence-corrected chi connectivity index (χ0v) is 17.5. The molecule has 0 bridgehead atoms. The number of hydrogen-bond donors (Lipinski definition) is 0. The number of carbonyl (C=O) groups excluding carboxylic acids is 2. The van der Waals surface area contributed by atoms with E-state index in [1.165, 1.54) is 12.2 Å². The Bertz CT molecular complexity index is 869. The molecule has 0 saturated carbocycles. The number of ether oxygens (including phenoxy) is 2. The average Bonchev–Trinajstić information content (AvgIpc) is 3.28. The van der Waals surface area contributed by atoms with E-state index in [1.807, 2.05) is 24.3 Å². The lowest BCUT2D eigenvalue weighted by atomic mass is 9.77. The zero-order chi connectivity index (χ0) is 21.1. The summed E-state index contributed by atoms with van der Waals surface area (Å²) in [6.45, 7) is 2.78. The third-order valence-corrected chi connectivity index (χ3v) is 6.23. The number of likely N-dealkylation sites (tertiary alicyclic amines) is 1. The number of hydroxylamine groups is 2. The molecule has 2 aliphatic rings. The molecule has 2 saturated heterocycles. The summed E-state index contributed by atoms with van der Waals surface area (Å²) in [5, 5.41) is 2.53. The highest BCUT2D eigenvalue weighted by atomic mass is 16.7. The van der Waals surface area contributed by atoms with E-state index in [1.54, 1.807) is 7.11 Å². The summed E-state index contributed by atoms with van der Waals surface area (Å²) in [7, 11) is 2.95. The summed E-state index contributed by atoms with van der Waals surface area (Å²) in [5.74, 6) is -0.141. The molecule has 1 aromatic carbocycles. The van der Waals surface area contributed by atoms with Gasteiger partial charge in [0.1, 0.15) is 11.3 Å². The Labute approximate surface area is 175 Å². The van der Waals surface area contributed by atoms with Crippen molar-refractivity contribution in [3.05, 3.63) is 36.1 Å². The first kappa shape index (κ1) is 20.8. The second-order valence-electron chi connectivity index (χ2n) is 7.92. The lowest BCUT2D eigenvalue weighted by Gasteiger charge is -2.45. The van der Waals surface area contributed by atoms with E-state index in [0.29, 0.717) is 26.0 Å². The van der Waals surface area contributed by atoms with Gasteiger partial charge in [0.05, 0.1) is 38.3 Å². The molecule has 0 aliphatic carbocycles. The van der Waals surface area contributed by atoms with Crippen LogP contribution in [0.2, 0.25) is 0 Å². The second-order valence-corrected chi connectivity index (χ2v) is 7.92. The van der Waals surface area contributed by atoms with Crippen LogP contribution in [0.15, 0.2) is 34.7 Å². The molecule has 30 heavy (non-hydrogen) atoms. The van der Waals surface area contributed by atoms with Crippen molar-refractivity contribution in [3.63, 3.8) is 0 Å². The van der Waals surface area contributed by atoms with Gasteiger partial charge >= 0.3 is 5.97 Å². The van der Waals surface area contributed by atoms with E-state index in [9.17, 15) is 9.59 Å². The molecule has 0 N–H and O–H groups in total. The maximum Gasteiger partial charge on any atom is 0.311 e. The van der Waals surface area contributed by atoms with Crippen molar-refractivity contribution >= 4 is 22.8 Å². The minimum atomic E-state index is -0.678. The fourth-order valence-electron chi connectivity index (χ4n) is 4.68. The number of nitrogens with zero attached hydrogens (tertiary/aromatic N) is 2. The minimum absolute atomic E-state index is 0.114. The van der Waals surface area contributed by atoms with Crippen molar-refractivity contribution in [1.82, 2.24) is 9.96 Å². The van der Waals surface area contributed by atoms with Gasteiger partial charge in [0.25, 0.3) is 0 Å². The molecule has 1 atom stereocenters. The van der Waals surface area contributed by atoms with Crippen LogP contribution in [0.25, 0.3) is 11.0 Å². The third-order valence-electron chi connectivity index (χ3n) is 6.23. The first-order chi connectivity index (χ1) is 14.6. The molecule has 162 valence electrons. The highest BCUT2D eigenvalue weighted by molar-refractivity contribution is 5.88. The third kappa shape index (κ3) is 3.82. The molecule has 1 amide bonds. The van der Waals surface area contributed by atoms with Crippen molar-refractivity contribution in [2.75, 3.05) is 40.5 Å². The standard InChI is InChI=1S/C22H28N2O6/c1-27-11-12-29-24-20(25)14-18(21(26)28-2)22(24)7-9-23(10-8-22)15-17-13-16-5-3-4-6-19(16)30-17/h3-6,13,18H,7-12,14-15H2,1-2H3. The lowest BCUT2D eigenvalue weighted by molar-refractivity contribution is -0.227. The molecule has 1 aromatic heterocycles. The Morgan fingerprint density at radius 3 is 2.67 bits per heavy atom. The summed E-state index contributed by atoms with van der Waals surface area (Å²) in [4.78, 5) is 33.2. The summed E-state index contributed by atoms with van der Waals surface area (Å²) in [5.41, 5.74) is 0.202. The highest BCUT2D eigenvalue weighted by Gasteiger charge is 2.58. The largest absolute Gasteiger partial charge is 0.469 e. The normalized spacial score (nSPS) is 21.6. The van der Waals surface area contributed by atoms with Gasteiger partial charge in [-0.2, -0.15) is 0 Å². The van der Waals surface area contributed by atoms with Gasteiger partial charge in [0.2, 0.25) is 5.91 Å². The number of rotatable bonds is 7. The number of methoxy groups -OCH3 is 2. The Morgan fingerprint density at radius 2 is 1.97 bits per heavy atom. The van der Waals surface area contributed by atoms with Crippen molar-refractivity contribution in [2.45, 2.75) is 31.3 Å². The summed E-state index contributed by atoms with van der Waals surface area (Å²) >= 11 is 0. The molecule has 4 rings (SSSR count). The van der Waals surface area contributed by atoms with E-state index >= 15 is 0 Å². The number of benzene rings is 1.